The lowest BCUT2D eigenvalue weighted by atomic mass is 9.99. The number of halogens is 2. The van der Waals surface area contributed by atoms with Crippen molar-refractivity contribution in [3.05, 3.63) is 87.3 Å². The van der Waals surface area contributed by atoms with E-state index in [1.54, 1.807) is 35.0 Å². The average Bonchev–Trinajstić information content (AvgIpc) is 3.01. The summed E-state index contributed by atoms with van der Waals surface area (Å²) < 4.78 is 21.3. The number of ether oxygens (including phenoxy) is 1. The molecule has 0 atom stereocenters. The first-order valence-electron chi connectivity index (χ1n) is 14.3. The summed E-state index contributed by atoms with van der Waals surface area (Å²) >= 11 is 6.65. The number of benzene rings is 2. The minimum atomic E-state index is -0.495. The van der Waals surface area contributed by atoms with Gasteiger partial charge in [0.05, 0.1) is 13.2 Å². The van der Waals surface area contributed by atoms with Crippen molar-refractivity contribution in [1.29, 1.82) is 0 Å². The largest absolute Gasteiger partial charge is 0.379 e. The maximum Gasteiger partial charge on any atom is 0.260 e. The summed E-state index contributed by atoms with van der Waals surface area (Å²) in [6, 6.07) is 15.2. The Kier molecular flexibility index (Phi) is 8.41. The van der Waals surface area contributed by atoms with E-state index >= 15 is 0 Å². The van der Waals surface area contributed by atoms with Crippen LogP contribution in [-0.2, 0) is 17.7 Å². The Hall–Kier alpha value is -3.92. The number of aromatic nitrogens is 3. The van der Waals surface area contributed by atoms with Gasteiger partial charge in [0.2, 0.25) is 11.9 Å². The molecule has 4 aromatic rings. The highest BCUT2D eigenvalue weighted by atomic mass is 35.5. The molecule has 0 unspecified atom stereocenters. The van der Waals surface area contributed by atoms with Gasteiger partial charge in [0.25, 0.3) is 5.56 Å². The van der Waals surface area contributed by atoms with E-state index < -0.39 is 5.97 Å². The number of allylic oxidation sites excluding steroid dienone is 1. The highest BCUT2D eigenvalue weighted by Crippen LogP contribution is 2.32. The van der Waals surface area contributed by atoms with Crippen LogP contribution in [0.4, 0.5) is 16.0 Å². The van der Waals surface area contributed by atoms with Gasteiger partial charge in [0, 0.05) is 71.7 Å². The van der Waals surface area contributed by atoms with Crippen molar-refractivity contribution >= 4 is 45.8 Å². The summed E-state index contributed by atoms with van der Waals surface area (Å²) in [5, 5.41) is 4.34. The molecule has 0 bridgehead atoms. The van der Waals surface area contributed by atoms with Gasteiger partial charge in [-0.2, -0.15) is 9.37 Å². The Morgan fingerprint density at radius 3 is 2.62 bits per heavy atom. The van der Waals surface area contributed by atoms with Crippen LogP contribution in [0.25, 0.3) is 27.7 Å². The van der Waals surface area contributed by atoms with E-state index in [1.165, 1.54) is 5.56 Å². The Morgan fingerprint density at radius 1 is 1.07 bits per heavy atom. The number of aliphatic imine (C=N–C) groups is 1. The standard InChI is InChI=1S/C32H32ClFN6O2/c1-2-40-30-23(18-27(31(40)41)26-10-7-22(19-28(26)33)25-4-3-12-35-29(25)34)20-36-32(38-30)37-24-8-5-21(6-9-24)11-13-39-14-16-42-17-15-39/h4-10,18-20H,2-3,11-17H2,1H3,(H,36,37,38). The van der Waals surface area contributed by atoms with Crippen LogP contribution >= 0.6 is 11.6 Å². The number of rotatable bonds is 8. The topological polar surface area (TPSA) is 84.6 Å². The zero-order valence-corrected chi connectivity index (χ0v) is 24.2. The lowest BCUT2D eigenvalue weighted by molar-refractivity contribution is 0.0384. The molecule has 1 N–H and O–H groups in total. The molecule has 10 heteroatoms. The lowest BCUT2D eigenvalue weighted by Gasteiger charge is -2.26. The number of pyridine rings is 1. The molecule has 2 aromatic carbocycles. The van der Waals surface area contributed by atoms with Crippen LogP contribution in [0, 0.1) is 0 Å². The first-order valence-corrected chi connectivity index (χ1v) is 14.7. The third-order valence-electron chi connectivity index (χ3n) is 7.69. The Bertz CT molecular complexity index is 1730. The lowest BCUT2D eigenvalue weighted by Crippen LogP contribution is -2.37. The van der Waals surface area contributed by atoms with E-state index in [-0.39, 0.29) is 5.56 Å². The summed E-state index contributed by atoms with van der Waals surface area (Å²) in [5.74, 6) is -0.0878. The second-order valence-electron chi connectivity index (χ2n) is 10.4. The van der Waals surface area contributed by atoms with Crippen LogP contribution in [0.1, 0.15) is 24.5 Å². The minimum Gasteiger partial charge on any atom is -0.379 e. The predicted octanol–water partition coefficient (Wildman–Crippen LogP) is 5.91. The number of hydrogen-bond donors (Lipinski definition) is 1. The number of hydrogen-bond acceptors (Lipinski definition) is 7. The van der Waals surface area contributed by atoms with E-state index in [1.807, 2.05) is 25.1 Å². The number of morpholine rings is 1. The highest BCUT2D eigenvalue weighted by molar-refractivity contribution is 6.34. The molecule has 0 amide bonds. The zero-order valence-electron chi connectivity index (χ0n) is 23.4. The van der Waals surface area contributed by atoms with Gasteiger partial charge >= 0.3 is 0 Å². The second-order valence-corrected chi connectivity index (χ2v) is 10.8. The van der Waals surface area contributed by atoms with Crippen LogP contribution in [0.3, 0.4) is 0 Å². The third kappa shape index (κ3) is 5.99. The number of aryl methyl sites for hydroxylation is 1. The first-order chi connectivity index (χ1) is 20.5. The van der Waals surface area contributed by atoms with E-state index in [0.29, 0.717) is 63.8 Å². The molecular formula is C32H32ClFN6O2. The summed E-state index contributed by atoms with van der Waals surface area (Å²) in [7, 11) is 0. The molecule has 0 saturated carbocycles. The number of nitrogens with one attached hydrogen (secondary N) is 1. The molecular weight excluding hydrogens is 555 g/mol. The van der Waals surface area contributed by atoms with Gasteiger partial charge in [-0.25, -0.2) is 4.98 Å². The molecule has 2 aliphatic rings. The molecule has 4 heterocycles. The normalized spacial score (nSPS) is 15.9. The van der Waals surface area contributed by atoms with Crippen molar-refractivity contribution in [2.75, 3.05) is 44.7 Å². The van der Waals surface area contributed by atoms with Gasteiger partial charge in [-0.15, -0.1) is 0 Å². The molecule has 8 nitrogen and oxygen atoms in total. The number of fused-ring (bicyclic) bond motifs is 1. The van der Waals surface area contributed by atoms with Crippen molar-refractivity contribution in [2.45, 2.75) is 26.3 Å². The molecule has 1 saturated heterocycles. The van der Waals surface area contributed by atoms with E-state index in [4.69, 9.17) is 16.3 Å². The maximum absolute atomic E-state index is 14.3. The predicted molar refractivity (Wildman–Crippen MR) is 167 cm³/mol. The molecule has 0 spiro atoms. The fourth-order valence-corrected chi connectivity index (χ4v) is 5.66. The van der Waals surface area contributed by atoms with Gasteiger partial charge < -0.3 is 10.1 Å². The van der Waals surface area contributed by atoms with Crippen LogP contribution < -0.4 is 10.9 Å². The smallest absolute Gasteiger partial charge is 0.260 e. The van der Waals surface area contributed by atoms with Gasteiger partial charge in [0.15, 0.2) is 0 Å². The molecule has 216 valence electrons. The van der Waals surface area contributed by atoms with Crippen molar-refractivity contribution in [3.8, 4) is 11.1 Å². The monoisotopic (exact) mass is 586 g/mol. The number of dihydropyridines is 1. The average molecular weight is 587 g/mol. The second kappa shape index (κ2) is 12.5. The molecule has 2 aliphatic heterocycles. The molecule has 0 radical (unpaired) electrons. The summed E-state index contributed by atoms with van der Waals surface area (Å²) in [5.41, 5.74) is 4.51. The molecule has 42 heavy (non-hydrogen) atoms. The van der Waals surface area contributed by atoms with Crippen molar-refractivity contribution < 1.29 is 9.13 Å². The highest BCUT2D eigenvalue weighted by Gasteiger charge is 2.18. The Labute approximate surface area is 248 Å². The minimum absolute atomic E-state index is 0.210. The van der Waals surface area contributed by atoms with Gasteiger partial charge in [-0.3, -0.25) is 19.3 Å². The van der Waals surface area contributed by atoms with Crippen LogP contribution in [0.2, 0.25) is 5.02 Å². The summed E-state index contributed by atoms with van der Waals surface area (Å²) in [4.78, 5) is 29.1. The van der Waals surface area contributed by atoms with E-state index in [0.717, 1.165) is 45.0 Å². The van der Waals surface area contributed by atoms with Gasteiger partial charge in [-0.05, 0) is 55.2 Å². The summed E-state index contributed by atoms with van der Waals surface area (Å²) in [6.07, 6.45) is 5.17. The van der Waals surface area contributed by atoms with Crippen molar-refractivity contribution in [1.82, 2.24) is 19.4 Å². The van der Waals surface area contributed by atoms with E-state index in [9.17, 15) is 9.18 Å². The molecule has 1 fully saturated rings. The maximum atomic E-state index is 14.3. The van der Waals surface area contributed by atoms with Gasteiger partial charge in [-0.1, -0.05) is 41.9 Å². The SMILES string of the molecule is CCn1c(=O)c(-c2ccc(C3=CCCN=C3F)cc2Cl)cc2cnc(Nc3ccc(CCN4CCOCC4)cc3)nc21. The number of anilines is 2. The van der Waals surface area contributed by atoms with Crippen molar-refractivity contribution in [2.24, 2.45) is 4.99 Å². The van der Waals surface area contributed by atoms with Crippen LogP contribution in [-0.4, -0.2) is 64.8 Å². The fraction of sp³-hybridized carbons (Fsp3) is 0.312. The van der Waals surface area contributed by atoms with Crippen LogP contribution in [0.15, 0.2) is 70.6 Å². The first kappa shape index (κ1) is 28.2. The third-order valence-corrected chi connectivity index (χ3v) is 8.01. The molecule has 0 aliphatic carbocycles. The zero-order chi connectivity index (χ0) is 29.1. The van der Waals surface area contributed by atoms with Gasteiger partial charge in [0.1, 0.15) is 5.65 Å². The van der Waals surface area contributed by atoms with E-state index in [2.05, 4.69) is 37.3 Å². The fourth-order valence-electron chi connectivity index (χ4n) is 5.38. The summed E-state index contributed by atoms with van der Waals surface area (Å²) in [6.45, 7) is 7.35. The molecule has 2 aromatic heterocycles. The Balaban J connectivity index is 1.23. The van der Waals surface area contributed by atoms with Crippen LogP contribution in [0.5, 0.6) is 0 Å². The Morgan fingerprint density at radius 2 is 1.88 bits per heavy atom. The van der Waals surface area contributed by atoms with Crippen molar-refractivity contribution in [3.63, 3.8) is 0 Å². The number of nitrogens with zero attached hydrogens (tertiary/aromatic N) is 5. The quantitative estimate of drug-likeness (QED) is 0.276. The molecule has 6 rings (SSSR count).